The number of likely N-dealkylation sites (N-methyl/N-ethyl adjacent to an activating group) is 1. The van der Waals surface area contributed by atoms with E-state index in [0.29, 0.717) is 0 Å². The van der Waals surface area contributed by atoms with Crippen molar-refractivity contribution < 1.29 is 5.21 Å². The van der Waals surface area contributed by atoms with Crippen molar-refractivity contribution in [1.29, 1.82) is 0 Å². The second kappa shape index (κ2) is 5.44. The molecule has 0 amide bonds. The highest BCUT2D eigenvalue weighted by Gasteiger charge is 2.21. The van der Waals surface area contributed by atoms with Gasteiger partial charge in [-0.25, -0.2) is 0 Å². The molecule has 0 atom stereocenters. The first-order chi connectivity index (χ1) is 9.02. The van der Waals surface area contributed by atoms with Crippen molar-refractivity contribution in [3.8, 4) is 0 Å². The molecule has 1 aromatic rings. The Morgan fingerprint density at radius 3 is 2.53 bits per heavy atom. The van der Waals surface area contributed by atoms with Gasteiger partial charge in [0.25, 0.3) is 0 Å². The molecule has 0 radical (unpaired) electrons. The van der Waals surface area contributed by atoms with E-state index in [2.05, 4.69) is 27.0 Å². The fourth-order valence-electron chi connectivity index (χ4n) is 2.47. The minimum Gasteiger partial charge on any atom is -0.409 e. The molecule has 6 heteroatoms. The molecule has 1 saturated heterocycles. The number of piperazine rings is 1. The number of aryl methyl sites for hydroxylation is 2. The van der Waals surface area contributed by atoms with Gasteiger partial charge in [-0.05, 0) is 27.0 Å². The molecule has 0 saturated carbocycles. The predicted molar refractivity (Wildman–Crippen MR) is 75.9 cm³/mol. The van der Waals surface area contributed by atoms with Crippen LogP contribution in [0.15, 0.2) is 11.2 Å². The molecule has 1 aliphatic heterocycles. The smallest absolute Gasteiger partial charge is 0.174 e. The van der Waals surface area contributed by atoms with E-state index in [-0.39, 0.29) is 5.84 Å². The fraction of sp³-hybridized carbons (Fsp3) is 0.538. The SMILES string of the molecule is Cc1cc(N2CCN(C)CC2)c(/C(N)=N/O)c(C)n1. The van der Waals surface area contributed by atoms with E-state index in [1.807, 2.05) is 19.9 Å². The maximum Gasteiger partial charge on any atom is 0.174 e. The first-order valence-corrected chi connectivity index (χ1v) is 6.42. The molecule has 1 fully saturated rings. The molecule has 19 heavy (non-hydrogen) atoms. The molecule has 2 heterocycles. The zero-order valence-electron chi connectivity index (χ0n) is 11.7. The van der Waals surface area contributed by atoms with Crippen molar-refractivity contribution in [2.24, 2.45) is 10.9 Å². The molecule has 3 N–H and O–H groups in total. The molecule has 0 aromatic carbocycles. The lowest BCUT2D eigenvalue weighted by Gasteiger charge is -2.35. The number of aromatic nitrogens is 1. The first kappa shape index (κ1) is 13.6. The molecule has 0 spiro atoms. The Morgan fingerprint density at radius 2 is 1.95 bits per heavy atom. The number of amidine groups is 1. The molecule has 1 aliphatic rings. The Labute approximate surface area is 113 Å². The molecular formula is C13H21N5O. The van der Waals surface area contributed by atoms with Gasteiger partial charge >= 0.3 is 0 Å². The van der Waals surface area contributed by atoms with Crippen LogP contribution in [0, 0.1) is 13.8 Å². The summed E-state index contributed by atoms with van der Waals surface area (Å²) >= 11 is 0. The van der Waals surface area contributed by atoms with Gasteiger partial charge in [0.05, 0.1) is 16.9 Å². The van der Waals surface area contributed by atoms with Gasteiger partial charge < -0.3 is 20.7 Å². The molecule has 6 nitrogen and oxygen atoms in total. The summed E-state index contributed by atoms with van der Waals surface area (Å²) in [6.45, 7) is 7.74. The zero-order valence-corrected chi connectivity index (χ0v) is 11.7. The van der Waals surface area contributed by atoms with E-state index in [1.165, 1.54) is 0 Å². The third-order valence-electron chi connectivity index (χ3n) is 3.52. The van der Waals surface area contributed by atoms with Crippen LogP contribution >= 0.6 is 0 Å². The standard InChI is InChI=1S/C13H21N5O/c1-9-8-11(18-6-4-17(3)5-7-18)12(10(2)15-9)13(14)16-19/h8,19H,4-7H2,1-3H3,(H2,14,16). The monoisotopic (exact) mass is 263 g/mol. The van der Waals surface area contributed by atoms with Gasteiger partial charge in [0.15, 0.2) is 5.84 Å². The van der Waals surface area contributed by atoms with Crippen LogP contribution in [0.5, 0.6) is 0 Å². The number of pyridine rings is 1. The fourth-order valence-corrected chi connectivity index (χ4v) is 2.47. The summed E-state index contributed by atoms with van der Waals surface area (Å²) < 4.78 is 0. The van der Waals surface area contributed by atoms with Crippen LogP contribution in [0.2, 0.25) is 0 Å². The Hall–Kier alpha value is -1.82. The molecule has 2 rings (SSSR count). The van der Waals surface area contributed by atoms with Gasteiger partial charge in [-0.15, -0.1) is 0 Å². The van der Waals surface area contributed by atoms with Crippen LogP contribution in [-0.2, 0) is 0 Å². The molecule has 104 valence electrons. The Bertz CT molecular complexity index is 492. The summed E-state index contributed by atoms with van der Waals surface area (Å²) in [5.74, 6) is 0.124. The van der Waals surface area contributed by atoms with E-state index in [4.69, 9.17) is 10.9 Å². The zero-order chi connectivity index (χ0) is 14.0. The number of nitrogens with zero attached hydrogens (tertiary/aromatic N) is 4. The van der Waals surface area contributed by atoms with Crippen LogP contribution < -0.4 is 10.6 Å². The van der Waals surface area contributed by atoms with Crippen LogP contribution in [-0.4, -0.2) is 54.2 Å². The van der Waals surface area contributed by atoms with E-state index in [1.54, 1.807) is 0 Å². The lowest BCUT2D eigenvalue weighted by molar-refractivity contribution is 0.312. The van der Waals surface area contributed by atoms with Crippen LogP contribution in [0.4, 0.5) is 5.69 Å². The van der Waals surface area contributed by atoms with Crippen molar-refractivity contribution in [2.75, 3.05) is 38.1 Å². The van der Waals surface area contributed by atoms with Gasteiger partial charge in [0.1, 0.15) is 0 Å². The Kier molecular flexibility index (Phi) is 3.90. The van der Waals surface area contributed by atoms with Crippen LogP contribution in [0.1, 0.15) is 17.0 Å². The Morgan fingerprint density at radius 1 is 1.32 bits per heavy atom. The van der Waals surface area contributed by atoms with Gasteiger partial charge in [0, 0.05) is 31.9 Å². The second-order valence-electron chi connectivity index (χ2n) is 5.02. The predicted octanol–water partition coefficient (Wildman–Crippen LogP) is 0.545. The van der Waals surface area contributed by atoms with E-state index in [9.17, 15) is 0 Å². The van der Waals surface area contributed by atoms with Gasteiger partial charge in [-0.3, -0.25) is 4.98 Å². The minimum absolute atomic E-state index is 0.124. The number of nitrogens with two attached hydrogens (primary N) is 1. The quantitative estimate of drug-likeness (QED) is 0.352. The number of oxime groups is 1. The maximum atomic E-state index is 8.96. The molecular weight excluding hydrogens is 242 g/mol. The molecule has 0 unspecified atom stereocenters. The van der Waals surface area contributed by atoms with E-state index >= 15 is 0 Å². The van der Waals surface area contributed by atoms with Crippen molar-refractivity contribution in [3.63, 3.8) is 0 Å². The van der Waals surface area contributed by atoms with Crippen molar-refractivity contribution >= 4 is 11.5 Å². The molecule has 0 aliphatic carbocycles. The first-order valence-electron chi connectivity index (χ1n) is 6.42. The summed E-state index contributed by atoms with van der Waals surface area (Å²) in [4.78, 5) is 8.97. The number of hydrogen-bond acceptors (Lipinski definition) is 5. The third kappa shape index (κ3) is 2.78. The highest BCUT2D eigenvalue weighted by molar-refractivity contribution is 6.03. The maximum absolute atomic E-state index is 8.96. The summed E-state index contributed by atoms with van der Waals surface area (Å²) in [6.07, 6.45) is 0. The minimum atomic E-state index is 0.124. The lowest BCUT2D eigenvalue weighted by Crippen LogP contribution is -2.45. The van der Waals surface area contributed by atoms with E-state index in [0.717, 1.165) is 48.8 Å². The average Bonchev–Trinajstić information content (AvgIpc) is 2.38. The summed E-state index contributed by atoms with van der Waals surface area (Å²) in [5.41, 5.74) is 9.29. The number of rotatable bonds is 2. The van der Waals surface area contributed by atoms with Crippen molar-refractivity contribution in [3.05, 3.63) is 23.0 Å². The topological polar surface area (TPSA) is 78.0 Å². The van der Waals surface area contributed by atoms with Gasteiger partial charge in [-0.1, -0.05) is 5.16 Å². The number of hydrogen-bond donors (Lipinski definition) is 2. The summed E-state index contributed by atoms with van der Waals surface area (Å²) in [5, 5.41) is 12.1. The average molecular weight is 263 g/mol. The third-order valence-corrected chi connectivity index (χ3v) is 3.52. The second-order valence-corrected chi connectivity index (χ2v) is 5.02. The highest BCUT2D eigenvalue weighted by Crippen LogP contribution is 2.24. The molecule has 0 bridgehead atoms. The van der Waals surface area contributed by atoms with Gasteiger partial charge in [-0.2, -0.15) is 0 Å². The molecule has 1 aromatic heterocycles. The van der Waals surface area contributed by atoms with Crippen LogP contribution in [0.25, 0.3) is 0 Å². The largest absolute Gasteiger partial charge is 0.409 e. The van der Waals surface area contributed by atoms with Gasteiger partial charge in [0.2, 0.25) is 0 Å². The Balaban J connectivity index is 2.43. The van der Waals surface area contributed by atoms with Crippen molar-refractivity contribution in [2.45, 2.75) is 13.8 Å². The number of anilines is 1. The summed E-state index contributed by atoms with van der Waals surface area (Å²) in [6, 6.07) is 2.01. The van der Waals surface area contributed by atoms with E-state index < -0.39 is 0 Å². The van der Waals surface area contributed by atoms with Crippen molar-refractivity contribution in [1.82, 2.24) is 9.88 Å². The van der Waals surface area contributed by atoms with Crippen LogP contribution in [0.3, 0.4) is 0 Å². The lowest BCUT2D eigenvalue weighted by atomic mass is 10.1. The summed E-state index contributed by atoms with van der Waals surface area (Å²) in [7, 11) is 2.12. The highest BCUT2D eigenvalue weighted by atomic mass is 16.4. The normalized spacial score (nSPS) is 17.8.